The van der Waals surface area contributed by atoms with Crippen molar-refractivity contribution in [3.8, 4) is 22.0 Å². The summed E-state index contributed by atoms with van der Waals surface area (Å²) in [5, 5.41) is 9.17. The van der Waals surface area contributed by atoms with Crippen LogP contribution in [0, 0.1) is 0 Å². The first-order valence-electron chi connectivity index (χ1n) is 7.82. The predicted molar refractivity (Wildman–Crippen MR) is 96.2 cm³/mol. The van der Waals surface area contributed by atoms with Gasteiger partial charge in [-0.3, -0.25) is 9.78 Å². The van der Waals surface area contributed by atoms with Gasteiger partial charge in [-0.15, -0.1) is 11.3 Å². The van der Waals surface area contributed by atoms with Crippen molar-refractivity contribution in [2.24, 2.45) is 0 Å². The van der Waals surface area contributed by atoms with E-state index < -0.39 is 0 Å². The number of pyridine rings is 1. The maximum atomic E-state index is 12.3. The van der Waals surface area contributed by atoms with Gasteiger partial charge in [-0.2, -0.15) is 4.98 Å². The molecule has 4 rings (SSSR count). The molecule has 128 valence electrons. The third-order valence-corrected chi connectivity index (χ3v) is 4.46. The quantitative estimate of drug-likeness (QED) is 0.585. The first-order chi connectivity index (χ1) is 12.8. The average Bonchev–Trinajstić information content (AvgIpc) is 3.37. The van der Waals surface area contributed by atoms with E-state index in [0.717, 1.165) is 16.1 Å². The summed E-state index contributed by atoms with van der Waals surface area (Å²) in [6.45, 7) is 0.134. The highest BCUT2D eigenvalue weighted by Gasteiger charge is 2.14. The number of hydrogen-bond donors (Lipinski definition) is 1. The van der Waals surface area contributed by atoms with E-state index in [9.17, 15) is 4.79 Å². The summed E-state index contributed by atoms with van der Waals surface area (Å²) in [6, 6.07) is 13.3. The molecule has 0 radical (unpaired) electrons. The summed E-state index contributed by atoms with van der Waals surface area (Å²) in [5.41, 5.74) is 2.14. The number of amides is 1. The Hall–Kier alpha value is -3.39. The Balaban J connectivity index is 1.40. The van der Waals surface area contributed by atoms with Gasteiger partial charge in [0.2, 0.25) is 11.7 Å². The lowest BCUT2D eigenvalue weighted by molar-refractivity contribution is 0.0942. The lowest BCUT2D eigenvalue weighted by atomic mass is 10.2. The van der Waals surface area contributed by atoms with Crippen LogP contribution in [0.2, 0.25) is 0 Å². The molecule has 0 bridgehead atoms. The number of nitrogens with zero attached hydrogens (tertiary/aromatic N) is 4. The fraction of sp³-hybridized carbons (Fsp3) is 0.0556. The number of benzene rings is 1. The second-order valence-corrected chi connectivity index (χ2v) is 6.19. The van der Waals surface area contributed by atoms with Crippen molar-refractivity contribution >= 4 is 17.2 Å². The number of hydrogen-bond acceptors (Lipinski definition) is 7. The molecule has 1 N–H and O–H groups in total. The van der Waals surface area contributed by atoms with Crippen LogP contribution in [0.3, 0.4) is 0 Å². The molecular weight excluding hydrogens is 350 g/mol. The van der Waals surface area contributed by atoms with E-state index in [0.29, 0.717) is 17.4 Å². The number of rotatable bonds is 5. The predicted octanol–water partition coefficient (Wildman–Crippen LogP) is 3.19. The molecule has 7 nitrogen and oxygen atoms in total. The zero-order valence-electron chi connectivity index (χ0n) is 13.5. The van der Waals surface area contributed by atoms with Crippen molar-refractivity contribution in [2.75, 3.05) is 0 Å². The molecule has 0 aliphatic heterocycles. The minimum Gasteiger partial charge on any atom is -0.342 e. The van der Waals surface area contributed by atoms with E-state index in [4.69, 9.17) is 4.52 Å². The number of carbonyl (C=O) groups excluding carboxylic acids is 1. The van der Waals surface area contributed by atoms with E-state index in [1.54, 1.807) is 29.9 Å². The van der Waals surface area contributed by atoms with Crippen LogP contribution in [0.1, 0.15) is 16.4 Å². The monoisotopic (exact) mass is 363 g/mol. The van der Waals surface area contributed by atoms with Crippen LogP contribution in [0.5, 0.6) is 0 Å². The van der Waals surface area contributed by atoms with Gasteiger partial charge in [0.05, 0.1) is 6.54 Å². The zero-order valence-corrected chi connectivity index (χ0v) is 14.3. The summed E-state index contributed by atoms with van der Waals surface area (Å²) >= 11 is 1.42. The average molecular weight is 363 g/mol. The fourth-order valence-corrected chi connectivity index (χ4v) is 3.09. The third kappa shape index (κ3) is 3.50. The van der Waals surface area contributed by atoms with Gasteiger partial charge in [-0.25, -0.2) is 4.98 Å². The Bertz CT molecular complexity index is 1010. The number of aromatic nitrogens is 4. The molecule has 1 amide bonds. The van der Waals surface area contributed by atoms with Crippen LogP contribution in [-0.4, -0.2) is 26.0 Å². The third-order valence-electron chi connectivity index (χ3n) is 3.56. The minimum atomic E-state index is -0.285. The highest BCUT2D eigenvalue weighted by molar-refractivity contribution is 7.13. The number of nitrogens with one attached hydrogen (secondary N) is 1. The van der Waals surface area contributed by atoms with E-state index in [1.165, 1.54) is 11.3 Å². The Morgan fingerprint density at radius 3 is 2.65 bits per heavy atom. The van der Waals surface area contributed by atoms with E-state index in [1.807, 2.05) is 30.3 Å². The molecule has 0 aliphatic rings. The van der Waals surface area contributed by atoms with Crippen molar-refractivity contribution in [3.63, 3.8) is 0 Å². The summed E-state index contributed by atoms with van der Waals surface area (Å²) in [7, 11) is 0. The van der Waals surface area contributed by atoms with Gasteiger partial charge in [-0.1, -0.05) is 35.5 Å². The minimum absolute atomic E-state index is 0.134. The molecule has 26 heavy (non-hydrogen) atoms. The largest absolute Gasteiger partial charge is 0.342 e. The van der Waals surface area contributed by atoms with Crippen LogP contribution in [0.25, 0.3) is 22.0 Å². The smallest absolute Gasteiger partial charge is 0.271 e. The van der Waals surface area contributed by atoms with Crippen molar-refractivity contribution < 1.29 is 9.32 Å². The summed E-state index contributed by atoms with van der Waals surface area (Å²) in [4.78, 5) is 24.9. The molecule has 8 heteroatoms. The molecule has 0 saturated carbocycles. The van der Waals surface area contributed by atoms with Crippen molar-refractivity contribution in [1.29, 1.82) is 0 Å². The molecule has 0 fully saturated rings. The molecular formula is C18H13N5O2S. The molecule has 0 unspecified atom stereocenters. The fourth-order valence-electron chi connectivity index (χ4n) is 2.28. The highest BCUT2D eigenvalue weighted by atomic mass is 32.1. The molecule has 0 spiro atoms. The van der Waals surface area contributed by atoms with Crippen molar-refractivity contribution in [3.05, 3.63) is 71.8 Å². The van der Waals surface area contributed by atoms with Crippen molar-refractivity contribution in [1.82, 2.24) is 25.4 Å². The normalized spacial score (nSPS) is 10.6. The van der Waals surface area contributed by atoms with Crippen LogP contribution < -0.4 is 5.32 Å². The SMILES string of the molecule is O=C(NCc1nc(-c2ccncc2)no1)c1csc(-c2ccccc2)n1. The molecule has 0 saturated heterocycles. The lowest BCUT2D eigenvalue weighted by Crippen LogP contribution is -2.23. The maximum Gasteiger partial charge on any atom is 0.271 e. The molecule has 1 aromatic carbocycles. The summed E-state index contributed by atoms with van der Waals surface area (Å²) in [5.74, 6) is 0.493. The number of carbonyl (C=O) groups is 1. The van der Waals surface area contributed by atoms with E-state index in [-0.39, 0.29) is 12.5 Å². The van der Waals surface area contributed by atoms with Gasteiger partial charge in [0.25, 0.3) is 5.91 Å². The highest BCUT2D eigenvalue weighted by Crippen LogP contribution is 2.23. The van der Waals surface area contributed by atoms with Crippen LogP contribution in [-0.2, 0) is 6.54 Å². The first-order valence-corrected chi connectivity index (χ1v) is 8.70. The first kappa shape index (κ1) is 16.1. The molecule has 0 atom stereocenters. The second kappa shape index (κ2) is 7.24. The summed E-state index contributed by atoms with van der Waals surface area (Å²) < 4.78 is 5.17. The molecule has 4 aromatic rings. The number of thiazole rings is 1. The maximum absolute atomic E-state index is 12.3. The van der Waals surface area contributed by atoms with Gasteiger partial charge in [0.1, 0.15) is 10.7 Å². The zero-order chi connectivity index (χ0) is 17.8. The lowest BCUT2D eigenvalue weighted by Gasteiger charge is -1.98. The van der Waals surface area contributed by atoms with Crippen LogP contribution in [0.15, 0.2) is 64.8 Å². The van der Waals surface area contributed by atoms with Crippen molar-refractivity contribution in [2.45, 2.75) is 6.54 Å². The Kier molecular flexibility index (Phi) is 4.48. The second-order valence-electron chi connectivity index (χ2n) is 5.33. The van der Waals surface area contributed by atoms with Gasteiger partial charge < -0.3 is 9.84 Å². The van der Waals surface area contributed by atoms with Crippen LogP contribution in [0.4, 0.5) is 0 Å². The van der Waals surface area contributed by atoms with Gasteiger partial charge in [0.15, 0.2) is 0 Å². The standard InChI is InChI=1S/C18H13N5O2S/c24-17(14-11-26-18(21-14)13-4-2-1-3-5-13)20-10-15-22-16(23-25-15)12-6-8-19-9-7-12/h1-9,11H,10H2,(H,20,24). The molecule has 3 aromatic heterocycles. The van der Waals surface area contributed by atoms with Gasteiger partial charge in [0, 0.05) is 28.9 Å². The molecule has 0 aliphatic carbocycles. The van der Waals surface area contributed by atoms with E-state index >= 15 is 0 Å². The Labute approximate surface area is 152 Å². The summed E-state index contributed by atoms with van der Waals surface area (Å²) in [6.07, 6.45) is 3.30. The Morgan fingerprint density at radius 2 is 1.85 bits per heavy atom. The van der Waals surface area contributed by atoms with E-state index in [2.05, 4.69) is 25.4 Å². The van der Waals surface area contributed by atoms with Gasteiger partial charge in [-0.05, 0) is 12.1 Å². The Morgan fingerprint density at radius 1 is 1.04 bits per heavy atom. The van der Waals surface area contributed by atoms with Crippen LogP contribution >= 0.6 is 11.3 Å². The van der Waals surface area contributed by atoms with Gasteiger partial charge >= 0.3 is 0 Å². The molecule has 3 heterocycles. The topological polar surface area (TPSA) is 93.8 Å².